The predicted molar refractivity (Wildman–Crippen MR) is 71.0 cm³/mol. The minimum atomic E-state index is -1.54. The number of aliphatic hydroxyl groups excluding tert-OH is 5. The Bertz CT molecular complexity index is 427. The van der Waals surface area contributed by atoms with Crippen LogP contribution >= 0.6 is 0 Å². The molecule has 1 heterocycles. The lowest BCUT2D eigenvalue weighted by atomic mass is 9.95. The molecule has 0 unspecified atom stereocenters. The van der Waals surface area contributed by atoms with Crippen molar-refractivity contribution in [2.45, 2.75) is 43.4 Å². The van der Waals surface area contributed by atoms with Crippen LogP contribution < -0.4 is 0 Å². The van der Waals surface area contributed by atoms with E-state index in [0.29, 0.717) is 0 Å². The van der Waals surface area contributed by atoms with Crippen LogP contribution in [0.1, 0.15) is 5.56 Å². The number of benzene rings is 1. The SMILES string of the molecule is OC[C@@H](O)[C@@H]1O[C@H](OCc2ccccc2)[C@@H](O)[C@H](O)[C@@H]1O. The highest BCUT2D eigenvalue weighted by atomic mass is 16.7. The molecule has 0 radical (unpaired) electrons. The number of hydrogen-bond acceptors (Lipinski definition) is 7. The van der Waals surface area contributed by atoms with Crippen molar-refractivity contribution in [3.8, 4) is 0 Å². The van der Waals surface area contributed by atoms with Crippen LogP contribution in [-0.2, 0) is 16.1 Å². The van der Waals surface area contributed by atoms with Crippen LogP contribution in [-0.4, -0.2) is 68.9 Å². The molecule has 0 bridgehead atoms. The molecule has 118 valence electrons. The zero-order valence-electron chi connectivity index (χ0n) is 11.3. The lowest BCUT2D eigenvalue weighted by molar-refractivity contribution is -0.314. The Balaban J connectivity index is 2.00. The standard InChI is InChI=1S/C14H20O7/c15-6-9(16)13-11(18)10(17)12(19)14(21-13)20-7-8-4-2-1-3-5-8/h1-5,9-19H,6-7H2/t9-,10-,11+,12+,13+,14+/m1/s1. The zero-order chi connectivity index (χ0) is 15.4. The van der Waals surface area contributed by atoms with Crippen LogP contribution in [0.4, 0.5) is 0 Å². The smallest absolute Gasteiger partial charge is 0.187 e. The van der Waals surface area contributed by atoms with Gasteiger partial charge in [0.2, 0.25) is 0 Å². The van der Waals surface area contributed by atoms with Crippen molar-refractivity contribution in [1.82, 2.24) is 0 Å². The van der Waals surface area contributed by atoms with Gasteiger partial charge in [0, 0.05) is 0 Å². The first kappa shape index (κ1) is 16.3. The van der Waals surface area contributed by atoms with Crippen molar-refractivity contribution in [3.63, 3.8) is 0 Å². The molecule has 1 aromatic carbocycles. The van der Waals surface area contributed by atoms with Gasteiger partial charge in [0.15, 0.2) is 6.29 Å². The molecular formula is C14H20O7. The van der Waals surface area contributed by atoms with Gasteiger partial charge in [-0.2, -0.15) is 0 Å². The maximum absolute atomic E-state index is 9.85. The maximum Gasteiger partial charge on any atom is 0.187 e. The summed E-state index contributed by atoms with van der Waals surface area (Å²) in [6, 6.07) is 9.14. The Morgan fingerprint density at radius 2 is 1.71 bits per heavy atom. The van der Waals surface area contributed by atoms with Crippen LogP contribution in [0.5, 0.6) is 0 Å². The van der Waals surface area contributed by atoms with Gasteiger partial charge in [-0.05, 0) is 5.56 Å². The van der Waals surface area contributed by atoms with Crippen molar-refractivity contribution in [2.75, 3.05) is 6.61 Å². The molecule has 21 heavy (non-hydrogen) atoms. The number of ether oxygens (including phenoxy) is 2. The lowest BCUT2D eigenvalue weighted by Crippen LogP contribution is -2.61. The van der Waals surface area contributed by atoms with E-state index in [0.717, 1.165) is 5.56 Å². The van der Waals surface area contributed by atoms with Gasteiger partial charge in [0.1, 0.15) is 30.5 Å². The molecule has 1 saturated heterocycles. The van der Waals surface area contributed by atoms with Crippen molar-refractivity contribution in [3.05, 3.63) is 35.9 Å². The van der Waals surface area contributed by atoms with Crippen LogP contribution in [0, 0.1) is 0 Å². The predicted octanol–water partition coefficient (Wildman–Crippen LogP) is -1.64. The van der Waals surface area contributed by atoms with Gasteiger partial charge < -0.3 is 35.0 Å². The molecule has 0 aliphatic carbocycles. The summed E-state index contributed by atoms with van der Waals surface area (Å²) in [5.41, 5.74) is 0.841. The van der Waals surface area contributed by atoms with Crippen molar-refractivity contribution >= 4 is 0 Å². The molecule has 0 spiro atoms. The van der Waals surface area contributed by atoms with Crippen LogP contribution in [0.25, 0.3) is 0 Å². The second-order valence-electron chi connectivity index (χ2n) is 4.99. The third-order valence-corrected chi connectivity index (χ3v) is 3.43. The van der Waals surface area contributed by atoms with Gasteiger partial charge in [-0.25, -0.2) is 0 Å². The summed E-state index contributed by atoms with van der Waals surface area (Å²) in [6.07, 6.45) is -8.34. The van der Waals surface area contributed by atoms with E-state index in [9.17, 15) is 20.4 Å². The van der Waals surface area contributed by atoms with Gasteiger partial charge in [0.05, 0.1) is 13.2 Å². The zero-order valence-corrected chi connectivity index (χ0v) is 11.3. The fourth-order valence-electron chi connectivity index (χ4n) is 2.19. The van der Waals surface area contributed by atoms with E-state index < -0.39 is 43.4 Å². The monoisotopic (exact) mass is 300 g/mol. The summed E-state index contributed by atoms with van der Waals surface area (Å²) >= 11 is 0. The second-order valence-corrected chi connectivity index (χ2v) is 4.99. The molecule has 7 heteroatoms. The normalized spacial score (nSPS) is 34.6. The largest absolute Gasteiger partial charge is 0.394 e. The molecule has 5 N–H and O–H groups in total. The Morgan fingerprint density at radius 3 is 2.33 bits per heavy atom. The second kappa shape index (κ2) is 7.28. The minimum Gasteiger partial charge on any atom is -0.394 e. The summed E-state index contributed by atoms with van der Waals surface area (Å²) in [4.78, 5) is 0. The fourth-order valence-corrected chi connectivity index (χ4v) is 2.19. The number of aliphatic hydroxyl groups is 5. The third kappa shape index (κ3) is 3.78. The molecule has 1 fully saturated rings. The fraction of sp³-hybridized carbons (Fsp3) is 0.571. The topological polar surface area (TPSA) is 120 Å². The van der Waals surface area contributed by atoms with Crippen molar-refractivity contribution in [2.24, 2.45) is 0 Å². The Hall–Kier alpha value is -1.06. The van der Waals surface area contributed by atoms with Crippen LogP contribution in [0.2, 0.25) is 0 Å². The minimum absolute atomic E-state index is 0.132. The van der Waals surface area contributed by atoms with E-state index in [-0.39, 0.29) is 6.61 Å². The summed E-state index contributed by atoms with van der Waals surface area (Å²) in [5, 5.41) is 47.9. The van der Waals surface area contributed by atoms with Crippen LogP contribution in [0.3, 0.4) is 0 Å². The first-order valence-electron chi connectivity index (χ1n) is 6.68. The van der Waals surface area contributed by atoms with Gasteiger partial charge in [-0.3, -0.25) is 0 Å². The quantitative estimate of drug-likeness (QED) is 0.442. The highest BCUT2D eigenvalue weighted by molar-refractivity contribution is 5.13. The average molecular weight is 300 g/mol. The molecule has 0 saturated carbocycles. The molecular weight excluding hydrogens is 280 g/mol. The van der Waals surface area contributed by atoms with E-state index >= 15 is 0 Å². The van der Waals surface area contributed by atoms with E-state index in [1.54, 1.807) is 0 Å². The Labute approximate surface area is 122 Å². The molecule has 7 nitrogen and oxygen atoms in total. The molecule has 1 aromatic rings. The summed E-state index contributed by atoms with van der Waals surface area (Å²) in [5.74, 6) is 0. The van der Waals surface area contributed by atoms with E-state index in [4.69, 9.17) is 14.6 Å². The van der Waals surface area contributed by atoms with Crippen molar-refractivity contribution < 1.29 is 35.0 Å². The molecule has 0 aromatic heterocycles. The Kier molecular flexibility index (Phi) is 5.65. The van der Waals surface area contributed by atoms with Gasteiger partial charge >= 0.3 is 0 Å². The summed E-state index contributed by atoms with van der Waals surface area (Å²) in [7, 11) is 0. The van der Waals surface area contributed by atoms with Crippen LogP contribution in [0.15, 0.2) is 30.3 Å². The van der Waals surface area contributed by atoms with E-state index in [1.165, 1.54) is 0 Å². The van der Waals surface area contributed by atoms with E-state index in [1.807, 2.05) is 30.3 Å². The molecule has 2 rings (SSSR count). The highest BCUT2D eigenvalue weighted by Crippen LogP contribution is 2.24. The highest BCUT2D eigenvalue weighted by Gasteiger charge is 2.46. The average Bonchev–Trinajstić information content (AvgIpc) is 2.52. The van der Waals surface area contributed by atoms with Gasteiger partial charge in [-0.1, -0.05) is 30.3 Å². The van der Waals surface area contributed by atoms with Gasteiger partial charge in [-0.15, -0.1) is 0 Å². The first-order chi connectivity index (χ1) is 10.0. The third-order valence-electron chi connectivity index (χ3n) is 3.43. The lowest BCUT2D eigenvalue weighted by Gasteiger charge is -2.41. The maximum atomic E-state index is 9.85. The number of rotatable bonds is 5. The molecule has 0 amide bonds. The Morgan fingerprint density at radius 1 is 1.05 bits per heavy atom. The summed E-state index contributed by atoms with van der Waals surface area (Å²) in [6.45, 7) is -0.511. The van der Waals surface area contributed by atoms with E-state index in [2.05, 4.69) is 0 Å². The molecule has 6 atom stereocenters. The molecule has 1 aliphatic rings. The van der Waals surface area contributed by atoms with Gasteiger partial charge in [0.25, 0.3) is 0 Å². The number of hydrogen-bond donors (Lipinski definition) is 5. The summed E-state index contributed by atoms with van der Waals surface area (Å²) < 4.78 is 10.7. The first-order valence-corrected chi connectivity index (χ1v) is 6.68. The molecule has 1 aliphatic heterocycles. The van der Waals surface area contributed by atoms with Crippen molar-refractivity contribution in [1.29, 1.82) is 0 Å².